The summed E-state index contributed by atoms with van der Waals surface area (Å²) in [6.45, 7) is 8.52. The van der Waals surface area contributed by atoms with E-state index in [1.165, 1.54) is 0 Å². The minimum atomic E-state index is 0.246. The van der Waals surface area contributed by atoms with E-state index >= 15 is 0 Å². The number of phenols is 1. The van der Waals surface area contributed by atoms with Gasteiger partial charge in [-0.3, -0.25) is 4.90 Å². The second kappa shape index (κ2) is 5.35. The molecule has 2 nitrogen and oxygen atoms in total. The van der Waals surface area contributed by atoms with Gasteiger partial charge in [0, 0.05) is 17.6 Å². The molecule has 0 saturated carbocycles. The molecule has 0 heterocycles. The van der Waals surface area contributed by atoms with Crippen molar-refractivity contribution < 1.29 is 5.11 Å². The molecule has 0 aliphatic carbocycles. The first kappa shape index (κ1) is 13.0. The Bertz CT molecular complexity index is 349. The molecule has 16 heavy (non-hydrogen) atoms. The molecule has 2 unspecified atom stereocenters. The lowest BCUT2D eigenvalue weighted by Gasteiger charge is -2.30. The SMILES string of the molecule is CCC(C)N(C)C(C)c1ccc(C)cc1O. The van der Waals surface area contributed by atoms with Gasteiger partial charge in [0.05, 0.1) is 0 Å². The molecule has 0 bridgehead atoms. The molecule has 1 aromatic carbocycles. The molecule has 0 amide bonds. The van der Waals surface area contributed by atoms with E-state index in [2.05, 4.69) is 38.8 Å². The topological polar surface area (TPSA) is 23.5 Å². The van der Waals surface area contributed by atoms with Crippen molar-refractivity contribution in [1.82, 2.24) is 4.90 Å². The van der Waals surface area contributed by atoms with Gasteiger partial charge in [-0.25, -0.2) is 0 Å². The lowest BCUT2D eigenvalue weighted by molar-refractivity contribution is 0.190. The summed E-state index contributed by atoms with van der Waals surface area (Å²) < 4.78 is 0. The maximum absolute atomic E-state index is 9.94. The van der Waals surface area contributed by atoms with Crippen LogP contribution in [0.25, 0.3) is 0 Å². The van der Waals surface area contributed by atoms with Crippen LogP contribution < -0.4 is 0 Å². The highest BCUT2D eigenvalue weighted by Crippen LogP contribution is 2.29. The van der Waals surface area contributed by atoms with Gasteiger partial charge in [0.25, 0.3) is 0 Å². The summed E-state index contributed by atoms with van der Waals surface area (Å²) in [5.74, 6) is 0.405. The van der Waals surface area contributed by atoms with Gasteiger partial charge in [0.2, 0.25) is 0 Å². The van der Waals surface area contributed by atoms with Crippen LogP contribution in [-0.4, -0.2) is 23.1 Å². The van der Waals surface area contributed by atoms with Crippen LogP contribution in [0.1, 0.15) is 44.4 Å². The van der Waals surface area contributed by atoms with Crippen LogP contribution in [0, 0.1) is 6.92 Å². The van der Waals surface area contributed by atoms with Crippen LogP contribution >= 0.6 is 0 Å². The van der Waals surface area contributed by atoms with E-state index in [1.807, 2.05) is 19.1 Å². The Balaban J connectivity index is 2.91. The molecule has 90 valence electrons. The summed E-state index contributed by atoms with van der Waals surface area (Å²) in [5.41, 5.74) is 2.10. The molecule has 1 aromatic rings. The van der Waals surface area contributed by atoms with Crippen LogP contribution in [0.3, 0.4) is 0 Å². The number of aromatic hydroxyl groups is 1. The van der Waals surface area contributed by atoms with Crippen molar-refractivity contribution in [3.05, 3.63) is 29.3 Å². The van der Waals surface area contributed by atoms with Crippen molar-refractivity contribution in [3.63, 3.8) is 0 Å². The van der Waals surface area contributed by atoms with Crippen LogP contribution in [-0.2, 0) is 0 Å². The molecular weight excluding hydrogens is 198 g/mol. The van der Waals surface area contributed by atoms with E-state index < -0.39 is 0 Å². The summed E-state index contributed by atoms with van der Waals surface area (Å²) in [5, 5.41) is 9.94. The van der Waals surface area contributed by atoms with Crippen LogP contribution in [0.5, 0.6) is 5.75 Å². The number of hydrogen-bond donors (Lipinski definition) is 1. The average molecular weight is 221 g/mol. The fourth-order valence-corrected chi connectivity index (χ4v) is 1.90. The van der Waals surface area contributed by atoms with E-state index in [-0.39, 0.29) is 6.04 Å². The summed E-state index contributed by atoms with van der Waals surface area (Å²) in [6.07, 6.45) is 1.12. The Kier molecular flexibility index (Phi) is 4.36. The normalized spacial score (nSPS) is 15.1. The predicted molar refractivity (Wildman–Crippen MR) is 68.8 cm³/mol. The smallest absolute Gasteiger partial charge is 0.120 e. The Morgan fingerprint density at radius 2 is 1.94 bits per heavy atom. The molecule has 0 aliphatic heterocycles. The van der Waals surface area contributed by atoms with Crippen molar-refractivity contribution in [3.8, 4) is 5.75 Å². The van der Waals surface area contributed by atoms with Gasteiger partial charge in [0.1, 0.15) is 5.75 Å². The molecule has 0 saturated heterocycles. The van der Waals surface area contributed by atoms with Gasteiger partial charge in [-0.1, -0.05) is 19.1 Å². The number of benzene rings is 1. The van der Waals surface area contributed by atoms with Crippen LogP contribution in [0.2, 0.25) is 0 Å². The average Bonchev–Trinajstić information content (AvgIpc) is 2.26. The van der Waals surface area contributed by atoms with Gasteiger partial charge in [-0.15, -0.1) is 0 Å². The summed E-state index contributed by atoms with van der Waals surface area (Å²) >= 11 is 0. The highest BCUT2D eigenvalue weighted by atomic mass is 16.3. The van der Waals surface area contributed by atoms with E-state index in [1.54, 1.807) is 0 Å². The molecule has 0 aliphatic rings. The first-order chi connectivity index (χ1) is 7.47. The fraction of sp³-hybridized carbons (Fsp3) is 0.571. The molecule has 1 N–H and O–H groups in total. The molecule has 0 spiro atoms. The third-order valence-corrected chi connectivity index (χ3v) is 3.53. The zero-order valence-corrected chi connectivity index (χ0v) is 11.0. The molecular formula is C14H23NO. The number of phenolic OH excluding ortho intramolecular Hbond substituents is 1. The van der Waals surface area contributed by atoms with E-state index in [0.717, 1.165) is 17.5 Å². The standard InChI is InChI=1S/C14H23NO/c1-6-11(3)15(5)12(4)13-8-7-10(2)9-14(13)16/h7-9,11-12,16H,6H2,1-5H3. The predicted octanol–water partition coefficient (Wildman–Crippen LogP) is 3.49. The minimum Gasteiger partial charge on any atom is -0.508 e. The van der Waals surface area contributed by atoms with Crippen LogP contribution in [0.15, 0.2) is 18.2 Å². The van der Waals surface area contributed by atoms with Crippen molar-refractivity contribution in [2.45, 2.75) is 46.2 Å². The Hall–Kier alpha value is -1.02. The maximum Gasteiger partial charge on any atom is 0.120 e. The van der Waals surface area contributed by atoms with Crippen LogP contribution in [0.4, 0.5) is 0 Å². The zero-order chi connectivity index (χ0) is 12.3. The monoisotopic (exact) mass is 221 g/mol. The van der Waals surface area contributed by atoms with E-state index in [9.17, 15) is 5.11 Å². The highest BCUT2D eigenvalue weighted by molar-refractivity contribution is 5.37. The lowest BCUT2D eigenvalue weighted by atomic mass is 10.0. The lowest BCUT2D eigenvalue weighted by Crippen LogP contribution is -2.31. The van der Waals surface area contributed by atoms with Gasteiger partial charge >= 0.3 is 0 Å². The molecule has 0 fully saturated rings. The van der Waals surface area contributed by atoms with Gasteiger partial charge in [-0.05, 0) is 45.9 Å². The summed E-state index contributed by atoms with van der Waals surface area (Å²) in [7, 11) is 2.11. The largest absolute Gasteiger partial charge is 0.508 e. The second-order valence-electron chi connectivity index (χ2n) is 4.66. The molecule has 1 rings (SSSR count). The number of aryl methyl sites for hydroxylation is 1. The van der Waals surface area contributed by atoms with Gasteiger partial charge in [-0.2, -0.15) is 0 Å². The Labute approximate surface area is 98.9 Å². The number of nitrogens with zero attached hydrogens (tertiary/aromatic N) is 1. The highest BCUT2D eigenvalue weighted by Gasteiger charge is 2.18. The minimum absolute atomic E-state index is 0.246. The Morgan fingerprint density at radius 3 is 2.44 bits per heavy atom. The Morgan fingerprint density at radius 1 is 1.31 bits per heavy atom. The molecule has 0 radical (unpaired) electrons. The molecule has 2 heteroatoms. The third-order valence-electron chi connectivity index (χ3n) is 3.53. The molecule has 0 aromatic heterocycles. The van der Waals surface area contributed by atoms with Crippen molar-refractivity contribution in [1.29, 1.82) is 0 Å². The summed E-state index contributed by atoms with van der Waals surface area (Å²) in [6, 6.07) is 6.67. The molecule has 2 atom stereocenters. The van der Waals surface area contributed by atoms with Gasteiger partial charge < -0.3 is 5.11 Å². The first-order valence-corrected chi connectivity index (χ1v) is 5.98. The first-order valence-electron chi connectivity index (χ1n) is 5.98. The fourth-order valence-electron chi connectivity index (χ4n) is 1.90. The zero-order valence-electron chi connectivity index (χ0n) is 11.0. The number of hydrogen-bond acceptors (Lipinski definition) is 2. The van der Waals surface area contributed by atoms with E-state index in [0.29, 0.717) is 11.8 Å². The van der Waals surface area contributed by atoms with Crippen molar-refractivity contribution >= 4 is 0 Å². The number of rotatable bonds is 4. The van der Waals surface area contributed by atoms with E-state index in [4.69, 9.17) is 0 Å². The maximum atomic E-state index is 9.94. The quantitative estimate of drug-likeness (QED) is 0.841. The van der Waals surface area contributed by atoms with Gasteiger partial charge in [0.15, 0.2) is 0 Å². The third kappa shape index (κ3) is 2.76. The van der Waals surface area contributed by atoms with Crippen molar-refractivity contribution in [2.75, 3.05) is 7.05 Å². The second-order valence-corrected chi connectivity index (χ2v) is 4.66. The summed E-state index contributed by atoms with van der Waals surface area (Å²) in [4.78, 5) is 2.30. The van der Waals surface area contributed by atoms with Crippen molar-refractivity contribution in [2.24, 2.45) is 0 Å².